The maximum absolute atomic E-state index is 11.2. The average molecular weight is 241 g/mol. The van der Waals surface area contributed by atoms with Gasteiger partial charge in [-0.05, 0) is 12.5 Å². The van der Waals surface area contributed by atoms with Crippen LogP contribution in [-0.4, -0.2) is 22.3 Å². The molecule has 4 heteroatoms. The number of hydrogen-bond donors (Lipinski definition) is 1. The van der Waals surface area contributed by atoms with Gasteiger partial charge in [0.05, 0.1) is 6.61 Å². The van der Waals surface area contributed by atoms with Gasteiger partial charge < -0.3 is 10.5 Å². The van der Waals surface area contributed by atoms with E-state index in [2.05, 4.69) is 0 Å². The lowest BCUT2D eigenvalue weighted by Gasteiger charge is -2.09. The van der Waals surface area contributed by atoms with Gasteiger partial charge in [0.15, 0.2) is 0 Å². The molecule has 0 aliphatic carbocycles. The van der Waals surface area contributed by atoms with Crippen LogP contribution in [0.4, 0.5) is 0 Å². The van der Waals surface area contributed by atoms with Crippen molar-refractivity contribution in [2.75, 3.05) is 18.1 Å². The first kappa shape index (κ1) is 13.2. The van der Waals surface area contributed by atoms with E-state index >= 15 is 0 Å². The van der Waals surface area contributed by atoms with Crippen molar-refractivity contribution in [2.45, 2.75) is 19.9 Å². The number of benzene rings is 1. The molecule has 0 heterocycles. The topological polar surface area (TPSA) is 52.3 Å². The van der Waals surface area contributed by atoms with E-state index in [1.54, 1.807) is 0 Å². The van der Waals surface area contributed by atoms with Gasteiger partial charge in [0.1, 0.15) is 5.75 Å². The van der Waals surface area contributed by atoms with Crippen LogP contribution < -0.4 is 10.5 Å². The zero-order chi connectivity index (χ0) is 11.8. The second-order valence-electron chi connectivity index (χ2n) is 3.45. The van der Waals surface area contributed by atoms with Gasteiger partial charge in [-0.2, -0.15) is 0 Å². The summed E-state index contributed by atoms with van der Waals surface area (Å²) in [5, 5.41) is 0. The Morgan fingerprint density at radius 2 is 2.12 bits per heavy atom. The van der Waals surface area contributed by atoms with Gasteiger partial charge in [-0.3, -0.25) is 4.21 Å². The summed E-state index contributed by atoms with van der Waals surface area (Å²) in [6, 6.07) is 7.75. The molecule has 1 unspecified atom stereocenters. The van der Waals surface area contributed by atoms with Crippen LogP contribution in [0.1, 0.15) is 18.9 Å². The fourth-order valence-electron chi connectivity index (χ4n) is 1.36. The second-order valence-corrected chi connectivity index (χ2v) is 5.31. The molecule has 0 fully saturated rings. The Kier molecular flexibility index (Phi) is 6.11. The summed E-state index contributed by atoms with van der Waals surface area (Å²) in [5.41, 5.74) is 6.61. The highest BCUT2D eigenvalue weighted by Gasteiger charge is 2.01. The highest BCUT2D eigenvalue weighted by molar-refractivity contribution is 7.84. The molecular formula is C12H19NO2S. The lowest BCUT2D eigenvalue weighted by Crippen LogP contribution is -2.07. The molecular weight excluding hydrogens is 222 g/mol. The normalized spacial score (nSPS) is 12.4. The van der Waals surface area contributed by atoms with Crippen LogP contribution in [0.15, 0.2) is 24.3 Å². The molecule has 0 bridgehead atoms. The molecule has 1 rings (SSSR count). The molecule has 1 atom stereocenters. The number of hydrogen-bond acceptors (Lipinski definition) is 3. The van der Waals surface area contributed by atoms with Crippen LogP contribution in [0, 0.1) is 0 Å². The Morgan fingerprint density at radius 3 is 2.81 bits per heavy atom. The zero-order valence-corrected chi connectivity index (χ0v) is 10.5. The first-order chi connectivity index (χ1) is 7.77. The van der Waals surface area contributed by atoms with Gasteiger partial charge in [0.2, 0.25) is 0 Å². The molecule has 0 aliphatic heterocycles. The third-order valence-corrected chi connectivity index (χ3v) is 3.68. The number of para-hydroxylation sites is 1. The third kappa shape index (κ3) is 4.33. The van der Waals surface area contributed by atoms with Gasteiger partial charge in [0.25, 0.3) is 0 Å². The van der Waals surface area contributed by atoms with Crippen molar-refractivity contribution in [3.8, 4) is 5.75 Å². The van der Waals surface area contributed by atoms with E-state index in [0.29, 0.717) is 18.9 Å². The van der Waals surface area contributed by atoms with E-state index in [0.717, 1.165) is 23.5 Å². The highest BCUT2D eigenvalue weighted by Crippen LogP contribution is 2.17. The quantitative estimate of drug-likeness (QED) is 0.739. The summed E-state index contributed by atoms with van der Waals surface area (Å²) < 4.78 is 16.8. The second kappa shape index (κ2) is 7.41. The molecule has 0 spiro atoms. The van der Waals surface area contributed by atoms with Gasteiger partial charge in [-0.25, -0.2) is 0 Å². The van der Waals surface area contributed by atoms with Crippen LogP contribution in [-0.2, 0) is 17.3 Å². The van der Waals surface area contributed by atoms with Crippen molar-refractivity contribution in [1.29, 1.82) is 0 Å². The number of nitrogens with two attached hydrogens (primary N) is 1. The fraction of sp³-hybridized carbons (Fsp3) is 0.500. The predicted molar refractivity (Wildman–Crippen MR) is 68.0 cm³/mol. The Bertz CT molecular complexity index is 342. The summed E-state index contributed by atoms with van der Waals surface area (Å²) in [6.45, 7) is 3.01. The Morgan fingerprint density at radius 1 is 1.38 bits per heavy atom. The SMILES string of the molecule is CCS(=O)CCCOc1ccccc1CN. The van der Waals surface area contributed by atoms with E-state index in [9.17, 15) is 4.21 Å². The largest absolute Gasteiger partial charge is 0.493 e. The monoisotopic (exact) mass is 241 g/mol. The van der Waals surface area contributed by atoms with Crippen molar-refractivity contribution in [1.82, 2.24) is 0 Å². The van der Waals surface area contributed by atoms with E-state index in [-0.39, 0.29) is 0 Å². The number of ether oxygens (including phenoxy) is 1. The molecule has 0 saturated heterocycles. The lowest BCUT2D eigenvalue weighted by atomic mass is 10.2. The van der Waals surface area contributed by atoms with Crippen LogP contribution in [0.5, 0.6) is 5.75 Å². The minimum absolute atomic E-state index is 0.483. The van der Waals surface area contributed by atoms with Gasteiger partial charge in [-0.15, -0.1) is 0 Å². The van der Waals surface area contributed by atoms with Gasteiger partial charge in [-0.1, -0.05) is 25.1 Å². The first-order valence-corrected chi connectivity index (χ1v) is 7.02. The molecule has 90 valence electrons. The highest BCUT2D eigenvalue weighted by atomic mass is 32.2. The van der Waals surface area contributed by atoms with Gasteiger partial charge in [0, 0.05) is 34.4 Å². The van der Waals surface area contributed by atoms with Crippen molar-refractivity contribution in [3.05, 3.63) is 29.8 Å². The molecule has 0 aliphatic rings. The molecule has 1 aromatic carbocycles. The minimum atomic E-state index is -0.697. The van der Waals surface area contributed by atoms with Crippen LogP contribution in [0.25, 0.3) is 0 Å². The summed E-state index contributed by atoms with van der Waals surface area (Å²) in [6.07, 6.45) is 0.819. The summed E-state index contributed by atoms with van der Waals surface area (Å²) in [7, 11) is -0.697. The summed E-state index contributed by atoms with van der Waals surface area (Å²) in [4.78, 5) is 0. The van der Waals surface area contributed by atoms with E-state index in [1.807, 2.05) is 31.2 Å². The van der Waals surface area contributed by atoms with Crippen LogP contribution in [0.2, 0.25) is 0 Å². The molecule has 2 N–H and O–H groups in total. The summed E-state index contributed by atoms with van der Waals surface area (Å²) >= 11 is 0. The standard InChI is InChI=1S/C12H19NO2S/c1-2-16(14)9-5-8-15-12-7-4-3-6-11(12)10-13/h3-4,6-7H,2,5,8-10,13H2,1H3. The first-order valence-electron chi connectivity index (χ1n) is 5.53. The summed E-state index contributed by atoms with van der Waals surface area (Å²) in [5.74, 6) is 2.27. The van der Waals surface area contributed by atoms with E-state index < -0.39 is 10.8 Å². The fourth-order valence-corrected chi connectivity index (χ4v) is 2.09. The lowest BCUT2D eigenvalue weighted by molar-refractivity contribution is 0.315. The van der Waals surface area contributed by atoms with Crippen LogP contribution >= 0.6 is 0 Å². The molecule has 0 radical (unpaired) electrons. The van der Waals surface area contributed by atoms with Gasteiger partial charge >= 0.3 is 0 Å². The Balaban J connectivity index is 2.34. The van der Waals surface area contributed by atoms with Crippen LogP contribution in [0.3, 0.4) is 0 Å². The minimum Gasteiger partial charge on any atom is -0.493 e. The molecule has 0 aromatic heterocycles. The maximum atomic E-state index is 11.2. The van der Waals surface area contributed by atoms with E-state index in [4.69, 9.17) is 10.5 Å². The Hall–Kier alpha value is -0.870. The maximum Gasteiger partial charge on any atom is 0.123 e. The van der Waals surface area contributed by atoms with Crippen molar-refractivity contribution >= 4 is 10.8 Å². The van der Waals surface area contributed by atoms with Crippen molar-refractivity contribution < 1.29 is 8.95 Å². The molecule has 0 amide bonds. The predicted octanol–water partition coefficient (Wildman–Crippen LogP) is 1.68. The zero-order valence-electron chi connectivity index (χ0n) is 9.65. The van der Waals surface area contributed by atoms with E-state index in [1.165, 1.54) is 0 Å². The smallest absolute Gasteiger partial charge is 0.123 e. The average Bonchev–Trinajstić information content (AvgIpc) is 2.34. The Labute approximate surface area is 99.4 Å². The molecule has 16 heavy (non-hydrogen) atoms. The molecule has 1 aromatic rings. The molecule has 0 saturated carbocycles. The van der Waals surface area contributed by atoms with Crippen molar-refractivity contribution in [3.63, 3.8) is 0 Å². The number of rotatable bonds is 7. The van der Waals surface area contributed by atoms with Crippen molar-refractivity contribution in [2.24, 2.45) is 5.73 Å². The third-order valence-electron chi connectivity index (χ3n) is 2.29. The molecule has 3 nitrogen and oxygen atoms in total.